The smallest absolute Gasteiger partial charge is 0.0716 e. The van der Waals surface area contributed by atoms with Crippen LogP contribution in [0.1, 0.15) is 10.4 Å². The molecule has 0 spiro atoms. The molecular formula is C21H17NS2. The van der Waals surface area contributed by atoms with E-state index in [4.69, 9.17) is 4.36 Å². The lowest BCUT2D eigenvalue weighted by Gasteiger charge is -2.05. The fourth-order valence-electron chi connectivity index (χ4n) is 2.64. The van der Waals surface area contributed by atoms with Crippen LogP contribution in [0.4, 0.5) is 0 Å². The zero-order valence-electron chi connectivity index (χ0n) is 13.1. The van der Waals surface area contributed by atoms with Gasteiger partial charge in [-0.15, -0.1) is 11.3 Å². The van der Waals surface area contributed by atoms with Gasteiger partial charge in [-0.05, 0) is 50.3 Å². The molecule has 0 bridgehead atoms. The van der Waals surface area contributed by atoms with Crippen molar-refractivity contribution in [2.45, 2.75) is 6.54 Å². The fraction of sp³-hybridized carbons (Fsp3) is 0.0476. The van der Waals surface area contributed by atoms with Crippen molar-refractivity contribution >= 4 is 26.9 Å². The van der Waals surface area contributed by atoms with Gasteiger partial charge in [0.15, 0.2) is 0 Å². The Bertz CT molecular complexity index is 902. The van der Waals surface area contributed by atoms with Crippen molar-refractivity contribution in [3.63, 3.8) is 0 Å². The Morgan fingerprint density at radius 2 is 1.62 bits per heavy atom. The van der Waals surface area contributed by atoms with E-state index in [-0.39, 0.29) is 10.7 Å². The molecule has 24 heavy (non-hydrogen) atoms. The van der Waals surface area contributed by atoms with E-state index in [1.54, 1.807) is 11.3 Å². The monoisotopic (exact) mass is 347 g/mol. The van der Waals surface area contributed by atoms with Gasteiger partial charge in [-0.1, -0.05) is 66.7 Å². The lowest BCUT2D eigenvalue weighted by molar-refractivity contribution is 1.09. The van der Waals surface area contributed by atoms with Crippen LogP contribution in [0.3, 0.4) is 0 Å². The van der Waals surface area contributed by atoms with Gasteiger partial charge in [0, 0.05) is 9.78 Å². The average molecular weight is 348 g/mol. The summed E-state index contributed by atoms with van der Waals surface area (Å²) in [6.45, 7) is 0.755. The molecular weight excluding hydrogens is 330 g/mol. The minimum Gasteiger partial charge on any atom is -0.251 e. The first-order valence-electron chi connectivity index (χ1n) is 7.87. The van der Waals surface area contributed by atoms with Crippen molar-refractivity contribution in [2.75, 3.05) is 0 Å². The van der Waals surface area contributed by atoms with Gasteiger partial charge in [-0.25, -0.2) is 0 Å². The third-order valence-electron chi connectivity index (χ3n) is 3.89. The predicted molar refractivity (Wildman–Crippen MR) is 107 cm³/mol. The molecule has 1 aromatic heterocycles. The molecule has 1 nitrogen and oxygen atoms in total. The number of benzene rings is 2. The first kappa shape index (κ1) is 15.3. The summed E-state index contributed by atoms with van der Waals surface area (Å²) in [6.07, 6.45) is 4.32. The molecule has 4 rings (SSSR count). The Morgan fingerprint density at radius 1 is 0.833 bits per heavy atom. The van der Waals surface area contributed by atoms with Crippen LogP contribution in [0, 0.1) is 0 Å². The van der Waals surface area contributed by atoms with Crippen LogP contribution in [-0.4, -0.2) is 0 Å². The summed E-state index contributed by atoms with van der Waals surface area (Å²) >= 11 is 1.78. The summed E-state index contributed by atoms with van der Waals surface area (Å²) < 4.78 is 4.91. The molecule has 1 aliphatic rings. The summed E-state index contributed by atoms with van der Waals surface area (Å²) in [5, 5.41) is 4.33. The second-order valence-electron chi connectivity index (χ2n) is 5.50. The highest BCUT2D eigenvalue weighted by Gasteiger charge is 2.10. The number of hydrogen-bond acceptors (Lipinski definition) is 2. The number of thiophene rings is 1. The van der Waals surface area contributed by atoms with Crippen LogP contribution in [0.25, 0.3) is 16.0 Å². The van der Waals surface area contributed by atoms with E-state index < -0.39 is 0 Å². The molecule has 2 heterocycles. The van der Waals surface area contributed by atoms with Crippen molar-refractivity contribution < 1.29 is 0 Å². The van der Waals surface area contributed by atoms with Crippen LogP contribution in [-0.2, 0) is 17.2 Å². The predicted octanol–water partition coefficient (Wildman–Crippen LogP) is 6.29. The Balaban J connectivity index is 1.50. The Labute approximate surface area is 149 Å². The van der Waals surface area contributed by atoms with Gasteiger partial charge in [0.2, 0.25) is 0 Å². The SMILES string of the molecule is C1=CS(=NCc2ccc(-c3ccccc3)cc2)C(c2cccs2)=C1. The highest BCUT2D eigenvalue weighted by molar-refractivity contribution is 7.99. The molecule has 0 radical (unpaired) electrons. The van der Waals surface area contributed by atoms with Gasteiger partial charge in [0.1, 0.15) is 0 Å². The van der Waals surface area contributed by atoms with Crippen LogP contribution in [0.5, 0.6) is 0 Å². The molecule has 1 atom stereocenters. The molecule has 3 aromatic rings. The summed E-state index contributed by atoms with van der Waals surface area (Å²) in [4.78, 5) is 2.66. The number of allylic oxidation sites excluding steroid dienone is 2. The standard InChI is InChI=1S/C21H17NS2/c1-2-6-18(7-3-1)19-12-10-17(11-13-19)16-22-24-15-5-9-21(24)20-8-4-14-23-20/h1-15H,16H2. The molecule has 2 aromatic carbocycles. The van der Waals surface area contributed by atoms with Crippen molar-refractivity contribution in [2.24, 2.45) is 4.36 Å². The zero-order valence-corrected chi connectivity index (χ0v) is 14.8. The van der Waals surface area contributed by atoms with Crippen LogP contribution < -0.4 is 0 Å². The number of hydrogen-bond donors (Lipinski definition) is 0. The average Bonchev–Trinajstić information content (AvgIpc) is 3.32. The lowest BCUT2D eigenvalue weighted by atomic mass is 10.0. The van der Waals surface area contributed by atoms with Gasteiger partial charge in [-0.3, -0.25) is 4.36 Å². The Morgan fingerprint density at radius 3 is 2.38 bits per heavy atom. The van der Waals surface area contributed by atoms with Crippen molar-refractivity contribution in [3.8, 4) is 11.1 Å². The van der Waals surface area contributed by atoms with E-state index in [2.05, 4.69) is 83.6 Å². The van der Waals surface area contributed by atoms with Crippen molar-refractivity contribution in [3.05, 3.63) is 100 Å². The number of rotatable bonds is 4. The van der Waals surface area contributed by atoms with Gasteiger partial charge in [0.25, 0.3) is 0 Å². The van der Waals surface area contributed by atoms with Crippen molar-refractivity contribution in [1.82, 2.24) is 0 Å². The van der Waals surface area contributed by atoms with E-state index >= 15 is 0 Å². The first-order valence-corrected chi connectivity index (χ1v) is 10.00. The molecule has 0 fully saturated rings. The van der Waals surface area contributed by atoms with Crippen LogP contribution in [0.2, 0.25) is 0 Å². The molecule has 1 unspecified atom stereocenters. The molecule has 0 aliphatic carbocycles. The van der Waals surface area contributed by atoms with Gasteiger partial charge < -0.3 is 0 Å². The fourth-order valence-corrected chi connectivity index (χ4v) is 5.06. The van der Waals surface area contributed by atoms with E-state index in [0.717, 1.165) is 6.54 Å². The minimum atomic E-state index is -0.120. The second kappa shape index (κ2) is 7.12. The Kier molecular flexibility index (Phi) is 4.54. The second-order valence-corrected chi connectivity index (χ2v) is 8.05. The van der Waals surface area contributed by atoms with Crippen LogP contribution >= 0.6 is 11.3 Å². The summed E-state index contributed by atoms with van der Waals surface area (Å²) in [6, 6.07) is 23.5. The van der Waals surface area contributed by atoms with E-state index in [0.29, 0.717) is 0 Å². The first-order chi connectivity index (χ1) is 11.9. The van der Waals surface area contributed by atoms with E-state index in [9.17, 15) is 0 Å². The summed E-state index contributed by atoms with van der Waals surface area (Å²) in [5.41, 5.74) is 3.76. The molecule has 0 amide bonds. The number of nitrogens with zero attached hydrogens (tertiary/aromatic N) is 1. The normalized spacial score (nSPS) is 16.5. The van der Waals surface area contributed by atoms with Gasteiger partial charge >= 0.3 is 0 Å². The topological polar surface area (TPSA) is 12.4 Å². The molecule has 0 N–H and O–H groups in total. The minimum absolute atomic E-state index is 0.120. The summed E-state index contributed by atoms with van der Waals surface area (Å²) in [7, 11) is -0.120. The highest BCUT2D eigenvalue weighted by Crippen LogP contribution is 2.29. The maximum atomic E-state index is 4.91. The molecule has 118 valence electrons. The van der Waals surface area contributed by atoms with Crippen LogP contribution in [0.15, 0.2) is 94.0 Å². The maximum absolute atomic E-state index is 4.91. The van der Waals surface area contributed by atoms with E-state index in [1.165, 1.54) is 26.5 Å². The lowest BCUT2D eigenvalue weighted by Crippen LogP contribution is -1.88. The Hall–Kier alpha value is -2.23. The van der Waals surface area contributed by atoms with Gasteiger partial charge in [0.05, 0.1) is 6.54 Å². The van der Waals surface area contributed by atoms with Crippen molar-refractivity contribution in [1.29, 1.82) is 0 Å². The van der Waals surface area contributed by atoms with Gasteiger partial charge in [-0.2, -0.15) is 0 Å². The largest absolute Gasteiger partial charge is 0.251 e. The molecule has 0 saturated carbocycles. The third-order valence-corrected chi connectivity index (χ3v) is 6.55. The van der Waals surface area contributed by atoms with E-state index in [1.807, 2.05) is 6.07 Å². The highest BCUT2D eigenvalue weighted by atomic mass is 32.2. The quantitative estimate of drug-likeness (QED) is 0.526. The molecule has 1 aliphatic heterocycles. The summed E-state index contributed by atoms with van der Waals surface area (Å²) in [5.74, 6) is 0. The molecule has 3 heteroatoms. The molecule has 0 saturated heterocycles. The maximum Gasteiger partial charge on any atom is 0.0716 e. The third kappa shape index (κ3) is 3.32. The zero-order chi connectivity index (χ0) is 16.2.